The van der Waals surface area contributed by atoms with Crippen LogP contribution in [0.5, 0.6) is 0 Å². The largest absolute Gasteiger partial charge is 0.417 e. The van der Waals surface area contributed by atoms with Crippen LogP contribution in [0.1, 0.15) is 32.7 Å². The summed E-state index contributed by atoms with van der Waals surface area (Å²) < 4.78 is 40.0. The van der Waals surface area contributed by atoms with Crippen LogP contribution >= 0.6 is 0 Å². The average Bonchev–Trinajstić information content (AvgIpc) is 2.72. The Labute approximate surface area is 178 Å². The van der Waals surface area contributed by atoms with Crippen LogP contribution in [0.25, 0.3) is 11.3 Å². The molecule has 1 aromatic carbocycles. The summed E-state index contributed by atoms with van der Waals surface area (Å²) in [4.78, 5) is 17.0. The van der Waals surface area contributed by atoms with E-state index in [1.165, 1.54) is 6.20 Å². The van der Waals surface area contributed by atoms with E-state index in [4.69, 9.17) is 11.1 Å². The fourth-order valence-corrected chi connectivity index (χ4v) is 2.84. The first-order valence-corrected chi connectivity index (χ1v) is 9.03. The fraction of sp³-hybridized carbons (Fsp3) is 0.0870. The van der Waals surface area contributed by atoms with Gasteiger partial charge >= 0.3 is 6.18 Å². The molecule has 8 heteroatoms. The Bertz CT molecular complexity index is 1100. The number of carbonyl (C=O) groups is 1. The zero-order chi connectivity index (χ0) is 23.2. The van der Waals surface area contributed by atoms with Gasteiger partial charge in [-0.3, -0.25) is 9.78 Å². The number of aryl methyl sites for hydroxylation is 1. The first kappa shape index (κ1) is 23.3. The Morgan fingerprint density at radius 2 is 1.90 bits per heavy atom. The molecule has 1 aromatic heterocycles. The van der Waals surface area contributed by atoms with Crippen molar-refractivity contribution in [2.24, 2.45) is 5.73 Å². The van der Waals surface area contributed by atoms with E-state index in [0.717, 1.165) is 30.5 Å². The van der Waals surface area contributed by atoms with Crippen LogP contribution in [0, 0.1) is 12.3 Å². The summed E-state index contributed by atoms with van der Waals surface area (Å²) >= 11 is 0. The van der Waals surface area contributed by atoms with E-state index in [1.54, 1.807) is 31.2 Å². The molecule has 0 fully saturated rings. The van der Waals surface area contributed by atoms with E-state index in [-0.39, 0.29) is 16.8 Å². The van der Waals surface area contributed by atoms with Crippen molar-refractivity contribution in [3.05, 3.63) is 95.9 Å². The normalized spacial score (nSPS) is 12.3. The number of alkyl halides is 3. The first-order valence-electron chi connectivity index (χ1n) is 9.03. The van der Waals surface area contributed by atoms with Gasteiger partial charge in [0.05, 0.1) is 17.4 Å². The second kappa shape index (κ2) is 9.71. The Kier molecular flexibility index (Phi) is 7.31. The molecule has 0 saturated heterocycles. The quantitative estimate of drug-likeness (QED) is 0.411. The van der Waals surface area contributed by atoms with Crippen LogP contribution in [-0.4, -0.2) is 17.1 Å². The van der Waals surface area contributed by atoms with Crippen LogP contribution in [0.4, 0.5) is 18.9 Å². The standard InChI is InChI=1S/C23H21F3N4O/c1-4-6-15(5-2)17-11-14(3)29-13-21(17)30-22(31)16-7-8-19(23(24,25)26)18(12-16)20(28)9-10-27/h4-13,27H,1-2,28H2,3H3,(H,30,31)/b15-6+,20-9-,27-10?. The monoisotopic (exact) mass is 426 g/mol. The second-order valence-corrected chi connectivity index (χ2v) is 6.43. The molecular formula is C23H21F3N4O. The van der Waals surface area contributed by atoms with Crippen LogP contribution in [0.3, 0.4) is 0 Å². The Hall–Kier alpha value is -3.94. The molecule has 0 radical (unpaired) electrons. The molecule has 31 heavy (non-hydrogen) atoms. The van der Waals surface area contributed by atoms with Crippen LogP contribution in [-0.2, 0) is 6.18 Å². The van der Waals surface area contributed by atoms with Gasteiger partial charge in [0.2, 0.25) is 0 Å². The minimum Gasteiger partial charge on any atom is -0.398 e. The highest BCUT2D eigenvalue weighted by Gasteiger charge is 2.34. The lowest BCUT2D eigenvalue weighted by molar-refractivity contribution is -0.137. The number of carbonyl (C=O) groups excluding carboxylic acids is 1. The number of rotatable bonds is 7. The van der Waals surface area contributed by atoms with Crippen LogP contribution < -0.4 is 11.1 Å². The number of hydrogen-bond donors (Lipinski definition) is 3. The molecule has 1 amide bonds. The van der Waals surface area contributed by atoms with Crippen molar-refractivity contribution >= 4 is 29.1 Å². The van der Waals surface area contributed by atoms with E-state index in [2.05, 4.69) is 23.5 Å². The highest BCUT2D eigenvalue weighted by atomic mass is 19.4. The van der Waals surface area contributed by atoms with Gasteiger partial charge in [0, 0.05) is 34.3 Å². The van der Waals surface area contributed by atoms with Gasteiger partial charge in [0.25, 0.3) is 5.91 Å². The van der Waals surface area contributed by atoms with Crippen molar-refractivity contribution in [1.82, 2.24) is 4.98 Å². The molecule has 160 valence electrons. The highest BCUT2D eigenvalue weighted by Crippen LogP contribution is 2.34. The number of aromatic nitrogens is 1. The minimum absolute atomic E-state index is 0.0382. The first-order chi connectivity index (χ1) is 14.6. The Morgan fingerprint density at radius 3 is 2.48 bits per heavy atom. The molecular weight excluding hydrogens is 405 g/mol. The number of allylic oxidation sites excluding steroid dienone is 5. The third-order valence-electron chi connectivity index (χ3n) is 4.28. The van der Waals surface area contributed by atoms with Crippen molar-refractivity contribution in [2.75, 3.05) is 5.32 Å². The van der Waals surface area contributed by atoms with E-state index < -0.39 is 17.6 Å². The number of anilines is 1. The van der Waals surface area contributed by atoms with Gasteiger partial charge in [-0.1, -0.05) is 31.4 Å². The van der Waals surface area contributed by atoms with Crippen LogP contribution in [0.15, 0.2) is 67.9 Å². The predicted octanol–water partition coefficient (Wildman–Crippen LogP) is 5.37. The van der Waals surface area contributed by atoms with E-state index in [9.17, 15) is 18.0 Å². The molecule has 5 nitrogen and oxygen atoms in total. The third kappa shape index (κ3) is 5.57. The summed E-state index contributed by atoms with van der Waals surface area (Å²) in [5.74, 6) is -0.647. The van der Waals surface area contributed by atoms with Crippen molar-refractivity contribution in [3.63, 3.8) is 0 Å². The fourth-order valence-electron chi connectivity index (χ4n) is 2.84. The molecule has 2 rings (SSSR count). The predicted molar refractivity (Wildman–Crippen MR) is 118 cm³/mol. The molecule has 0 unspecified atom stereocenters. The van der Waals surface area contributed by atoms with Crippen LogP contribution in [0.2, 0.25) is 0 Å². The maximum absolute atomic E-state index is 13.3. The molecule has 1 heterocycles. The van der Waals surface area contributed by atoms with Gasteiger partial charge in [-0.2, -0.15) is 13.2 Å². The topological polar surface area (TPSA) is 91.9 Å². The zero-order valence-electron chi connectivity index (χ0n) is 16.8. The van der Waals surface area contributed by atoms with Crippen molar-refractivity contribution in [1.29, 1.82) is 5.41 Å². The summed E-state index contributed by atoms with van der Waals surface area (Å²) in [6, 6.07) is 4.64. The van der Waals surface area contributed by atoms with E-state index >= 15 is 0 Å². The summed E-state index contributed by atoms with van der Waals surface area (Å²) in [6.45, 7) is 9.18. The van der Waals surface area contributed by atoms with E-state index in [0.29, 0.717) is 22.5 Å². The minimum atomic E-state index is -4.67. The van der Waals surface area contributed by atoms with Gasteiger partial charge in [0.1, 0.15) is 0 Å². The van der Waals surface area contributed by atoms with Crippen molar-refractivity contribution in [3.8, 4) is 0 Å². The number of nitrogens with one attached hydrogen (secondary N) is 2. The second-order valence-electron chi connectivity index (χ2n) is 6.43. The number of nitrogens with two attached hydrogens (primary N) is 1. The number of halogens is 3. The molecule has 0 aliphatic carbocycles. The number of amides is 1. The molecule has 0 atom stereocenters. The van der Waals surface area contributed by atoms with Gasteiger partial charge in [-0.15, -0.1) is 0 Å². The SMILES string of the molecule is C=C/C=C(\C=C)c1cc(C)ncc1NC(=O)c1ccc(C(F)(F)F)c(/C(N)=C/C=N)c1. The van der Waals surface area contributed by atoms with E-state index in [1.807, 2.05) is 0 Å². The lowest BCUT2D eigenvalue weighted by Crippen LogP contribution is -2.17. The molecule has 0 spiro atoms. The zero-order valence-corrected chi connectivity index (χ0v) is 16.8. The number of benzene rings is 1. The van der Waals surface area contributed by atoms with Gasteiger partial charge < -0.3 is 16.5 Å². The smallest absolute Gasteiger partial charge is 0.398 e. The lowest BCUT2D eigenvalue weighted by Gasteiger charge is -2.16. The van der Waals surface area contributed by atoms with Gasteiger partial charge in [0.15, 0.2) is 0 Å². The van der Waals surface area contributed by atoms with Gasteiger partial charge in [-0.05, 0) is 42.8 Å². The number of pyridine rings is 1. The summed E-state index contributed by atoms with van der Waals surface area (Å²) in [7, 11) is 0. The molecule has 0 saturated carbocycles. The van der Waals surface area contributed by atoms with Gasteiger partial charge in [-0.25, -0.2) is 0 Å². The third-order valence-corrected chi connectivity index (χ3v) is 4.28. The Balaban J connectivity index is 2.52. The van der Waals surface area contributed by atoms with Crippen molar-refractivity contribution in [2.45, 2.75) is 13.1 Å². The highest BCUT2D eigenvalue weighted by molar-refractivity contribution is 6.06. The molecule has 0 aliphatic heterocycles. The summed E-state index contributed by atoms with van der Waals surface area (Å²) in [6.07, 6.45) is 3.44. The Morgan fingerprint density at radius 1 is 1.19 bits per heavy atom. The average molecular weight is 426 g/mol. The van der Waals surface area contributed by atoms with Crippen molar-refractivity contribution < 1.29 is 18.0 Å². The number of hydrogen-bond acceptors (Lipinski definition) is 4. The summed E-state index contributed by atoms with van der Waals surface area (Å²) in [5.41, 5.74) is 6.36. The molecule has 2 aromatic rings. The maximum atomic E-state index is 13.3. The number of nitrogens with zero attached hydrogens (tertiary/aromatic N) is 1. The maximum Gasteiger partial charge on any atom is 0.417 e. The molecule has 4 N–H and O–H groups in total. The molecule has 0 aliphatic rings. The molecule has 0 bridgehead atoms. The lowest BCUT2D eigenvalue weighted by atomic mass is 9.99. The summed E-state index contributed by atoms with van der Waals surface area (Å²) in [5, 5.41) is 9.73.